The van der Waals surface area contributed by atoms with E-state index in [1.807, 2.05) is 31.2 Å². The van der Waals surface area contributed by atoms with E-state index in [2.05, 4.69) is 20.5 Å². The fourth-order valence-electron chi connectivity index (χ4n) is 3.15. The topological polar surface area (TPSA) is 117 Å². The van der Waals surface area contributed by atoms with E-state index in [0.717, 1.165) is 15.8 Å². The number of aryl methyl sites for hydroxylation is 2. The van der Waals surface area contributed by atoms with Gasteiger partial charge >= 0.3 is 0 Å². The van der Waals surface area contributed by atoms with Gasteiger partial charge in [-0.25, -0.2) is 14.3 Å². The molecule has 0 unspecified atom stereocenters. The molecule has 158 valence electrons. The third-order valence-corrected chi connectivity index (χ3v) is 4.90. The quantitative estimate of drug-likeness (QED) is 0.486. The van der Waals surface area contributed by atoms with Crippen LogP contribution in [0.2, 0.25) is 0 Å². The third-order valence-electron chi connectivity index (χ3n) is 4.90. The minimum absolute atomic E-state index is 0.143. The van der Waals surface area contributed by atoms with E-state index < -0.39 is 5.91 Å². The van der Waals surface area contributed by atoms with Gasteiger partial charge in [0.05, 0.1) is 19.3 Å². The number of nitrogens with zero attached hydrogens (tertiary/aromatic N) is 6. The van der Waals surface area contributed by atoms with E-state index in [0.29, 0.717) is 24.1 Å². The molecule has 0 radical (unpaired) electrons. The second-order valence-electron chi connectivity index (χ2n) is 7.20. The van der Waals surface area contributed by atoms with Crippen LogP contribution >= 0.6 is 0 Å². The van der Waals surface area contributed by atoms with Gasteiger partial charge in [-0.1, -0.05) is 29.8 Å². The van der Waals surface area contributed by atoms with Gasteiger partial charge in [0.2, 0.25) is 0 Å². The lowest BCUT2D eigenvalue weighted by Gasteiger charge is -2.08. The predicted octanol–water partition coefficient (Wildman–Crippen LogP) is 0.473. The minimum Gasteiger partial charge on any atom is -0.349 e. The highest BCUT2D eigenvalue weighted by Crippen LogP contribution is 2.08. The first-order valence-corrected chi connectivity index (χ1v) is 9.71. The Morgan fingerprint density at radius 1 is 1.10 bits per heavy atom. The van der Waals surface area contributed by atoms with E-state index in [1.54, 1.807) is 9.25 Å². The molecule has 0 aliphatic rings. The highest BCUT2D eigenvalue weighted by Gasteiger charge is 2.12. The zero-order valence-corrected chi connectivity index (χ0v) is 17.1. The van der Waals surface area contributed by atoms with Crippen LogP contribution in [0.1, 0.15) is 21.6 Å². The smallest absolute Gasteiger partial charge is 0.271 e. The van der Waals surface area contributed by atoms with Gasteiger partial charge in [-0.3, -0.25) is 19.0 Å². The van der Waals surface area contributed by atoms with E-state index >= 15 is 0 Å². The number of rotatable bonds is 6. The number of amides is 1. The number of carbonyl (C=O) groups excluding carboxylic acids is 1. The molecule has 0 spiro atoms. The Hall–Kier alpha value is -4.08. The number of hydrogen-bond acceptors (Lipinski definition) is 6. The summed E-state index contributed by atoms with van der Waals surface area (Å²) < 4.78 is 4.22. The average molecular weight is 419 g/mol. The average Bonchev–Trinajstić information content (AvgIpc) is 3.17. The lowest BCUT2D eigenvalue weighted by molar-refractivity contribution is 0.0944. The molecule has 0 aliphatic heterocycles. The summed E-state index contributed by atoms with van der Waals surface area (Å²) in [5.41, 5.74) is 2.30. The van der Waals surface area contributed by atoms with Crippen molar-refractivity contribution in [2.75, 3.05) is 6.54 Å². The van der Waals surface area contributed by atoms with Crippen molar-refractivity contribution in [3.8, 4) is 0 Å². The molecular weight excluding hydrogens is 398 g/mol. The normalized spacial score (nSPS) is 11.0. The highest BCUT2D eigenvalue weighted by atomic mass is 16.2. The van der Waals surface area contributed by atoms with Crippen molar-refractivity contribution in [3.05, 3.63) is 86.5 Å². The molecule has 1 N–H and O–H groups in total. The van der Waals surface area contributed by atoms with Gasteiger partial charge in [-0.05, 0) is 18.6 Å². The molecule has 4 aromatic rings. The second kappa shape index (κ2) is 8.34. The first-order valence-electron chi connectivity index (χ1n) is 9.71. The molecule has 0 saturated heterocycles. The molecular formula is C21H21N7O3. The van der Waals surface area contributed by atoms with Crippen molar-refractivity contribution in [1.29, 1.82) is 0 Å². The SMILES string of the molecule is Cc1ccc(Cn2cnc3c(cnn3CCNC(=O)c3ccc(=O)n(C)n3)c2=O)cc1. The van der Waals surface area contributed by atoms with Gasteiger partial charge in [-0.2, -0.15) is 10.2 Å². The summed E-state index contributed by atoms with van der Waals surface area (Å²) >= 11 is 0. The Morgan fingerprint density at radius 2 is 1.87 bits per heavy atom. The molecule has 1 aromatic carbocycles. The summed E-state index contributed by atoms with van der Waals surface area (Å²) in [5.74, 6) is -0.402. The van der Waals surface area contributed by atoms with Crippen LogP contribution in [0.15, 0.2) is 58.5 Å². The molecule has 4 rings (SSSR count). The maximum absolute atomic E-state index is 12.8. The Labute approximate surface area is 176 Å². The van der Waals surface area contributed by atoms with E-state index in [1.165, 1.54) is 31.7 Å². The molecule has 0 aliphatic carbocycles. The molecule has 0 fully saturated rings. The van der Waals surface area contributed by atoms with Gasteiger partial charge in [0.1, 0.15) is 17.4 Å². The van der Waals surface area contributed by atoms with Gasteiger partial charge in [0, 0.05) is 19.7 Å². The molecule has 0 bridgehead atoms. The second-order valence-corrected chi connectivity index (χ2v) is 7.20. The molecule has 10 nitrogen and oxygen atoms in total. The van der Waals surface area contributed by atoms with Crippen LogP contribution in [-0.4, -0.2) is 41.6 Å². The van der Waals surface area contributed by atoms with E-state index in [-0.39, 0.29) is 23.4 Å². The predicted molar refractivity (Wildman–Crippen MR) is 114 cm³/mol. The van der Waals surface area contributed by atoms with Crippen LogP contribution in [0.25, 0.3) is 11.0 Å². The first kappa shape index (κ1) is 20.2. The molecule has 3 heterocycles. The lowest BCUT2D eigenvalue weighted by atomic mass is 10.1. The van der Waals surface area contributed by atoms with Crippen LogP contribution in [0.5, 0.6) is 0 Å². The summed E-state index contributed by atoms with van der Waals surface area (Å²) in [7, 11) is 1.48. The summed E-state index contributed by atoms with van der Waals surface area (Å²) in [5, 5.41) is 11.3. The van der Waals surface area contributed by atoms with Crippen molar-refractivity contribution in [3.63, 3.8) is 0 Å². The molecule has 0 atom stereocenters. The van der Waals surface area contributed by atoms with Crippen LogP contribution < -0.4 is 16.4 Å². The maximum atomic E-state index is 12.8. The van der Waals surface area contributed by atoms with E-state index in [9.17, 15) is 14.4 Å². The Kier molecular flexibility index (Phi) is 5.44. The van der Waals surface area contributed by atoms with Crippen LogP contribution in [0.3, 0.4) is 0 Å². The molecule has 31 heavy (non-hydrogen) atoms. The lowest BCUT2D eigenvalue weighted by Crippen LogP contribution is -2.30. The first-order chi connectivity index (χ1) is 14.9. The number of fused-ring (bicyclic) bond motifs is 1. The number of benzene rings is 1. The van der Waals surface area contributed by atoms with Gasteiger partial charge < -0.3 is 5.32 Å². The molecule has 3 aromatic heterocycles. The van der Waals surface area contributed by atoms with Crippen LogP contribution in [0.4, 0.5) is 0 Å². The fourth-order valence-corrected chi connectivity index (χ4v) is 3.15. The van der Waals surface area contributed by atoms with Crippen LogP contribution in [-0.2, 0) is 20.1 Å². The number of hydrogen-bond donors (Lipinski definition) is 1. The van der Waals surface area contributed by atoms with Gasteiger partial charge in [0.15, 0.2) is 5.65 Å². The maximum Gasteiger partial charge on any atom is 0.271 e. The van der Waals surface area contributed by atoms with Gasteiger partial charge in [0.25, 0.3) is 17.0 Å². The van der Waals surface area contributed by atoms with Crippen molar-refractivity contribution in [2.24, 2.45) is 7.05 Å². The van der Waals surface area contributed by atoms with Crippen LogP contribution in [0, 0.1) is 6.92 Å². The summed E-state index contributed by atoms with van der Waals surface area (Å²) in [4.78, 5) is 40.8. The monoisotopic (exact) mass is 419 g/mol. The highest BCUT2D eigenvalue weighted by molar-refractivity contribution is 5.91. The number of aromatic nitrogens is 6. The summed E-state index contributed by atoms with van der Waals surface area (Å²) in [6.07, 6.45) is 3.00. The summed E-state index contributed by atoms with van der Waals surface area (Å²) in [6.45, 7) is 3.03. The standard InChI is InChI=1S/C21H21N7O3/c1-14-3-5-15(6-4-14)12-27-13-23-19-16(21(27)31)11-24-28(19)10-9-22-20(30)17-7-8-18(29)26(2)25-17/h3-8,11,13H,9-10,12H2,1-2H3,(H,22,30). The summed E-state index contributed by atoms with van der Waals surface area (Å²) in [6, 6.07) is 10.6. The zero-order chi connectivity index (χ0) is 22.0. The molecule has 10 heteroatoms. The largest absolute Gasteiger partial charge is 0.349 e. The zero-order valence-electron chi connectivity index (χ0n) is 17.1. The number of carbonyl (C=O) groups is 1. The van der Waals surface area contributed by atoms with Crippen molar-refractivity contribution >= 4 is 16.9 Å². The van der Waals surface area contributed by atoms with Gasteiger partial charge in [-0.15, -0.1) is 0 Å². The van der Waals surface area contributed by atoms with E-state index in [4.69, 9.17) is 0 Å². The van der Waals surface area contributed by atoms with Crippen molar-refractivity contribution in [1.82, 2.24) is 34.4 Å². The Bertz CT molecular complexity index is 1370. The fraction of sp³-hybridized carbons (Fsp3) is 0.238. The van der Waals surface area contributed by atoms with Crippen molar-refractivity contribution < 1.29 is 4.79 Å². The Morgan fingerprint density at radius 3 is 2.61 bits per heavy atom. The third kappa shape index (κ3) is 4.27. The van der Waals surface area contributed by atoms with Crippen molar-refractivity contribution in [2.45, 2.75) is 20.0 Å². The Balaban J connectivity index is 1.45. The minimum atomic E-state index is -0.402. The molecule has 0 saturated carbocycles. The molecule has 1 amide bonds. The number of nitrogens with one attached hydrogen (secondary N) is 1.